The lowest BCUT2D eigenvalue weighted by Gasteiger charge is -2.41. The number of aromatic nitrogens is 4. The van der Waals surface area contributed by atoms with Gasteiger partial charge in [0.2, 0.25) is 11.9 Å². The summed E-state index contributed by atoms with van der Waals surface area (Å²) < 4.78 is 0. The van der Waals surface area contributed by atoms with Gasteiger partial charge in [-0.05, 0) is 67.5 Å². The summed E-state index contributed by atoms with van der Waals surface area (Å²) in [6.07, 6.45) is 7.54. The molecule has 12 heteroatoms. The van der Waals surface area contributed by atoms with Crippen LogP contribution in [0.5, 0.6) is 0 Å². The molecule has 11 nitrogen and oxygen atoms in total. The van der Waals surface area contributed by atoms with Gasteiger partial charge < -0.3 is 25.8 Å². The van der Waals surface area contributed by atoms with Crippen LogP contribution in [0.2, 0.25) is 0 Å². The molecule has 1 atom stereocenters. The Morgan fingerprint density at radius 3 is 2.61 bits per heavy atom. The Hall–Kier alpha value is -3.12. The first-order valence-corrected chi connectivity index (χ1v) is 15.7. The molecule has 1 unspecified atom stereocenters. The fraction of sp³-hybridized carbons (Fsp3) is 0.621. The van der Waals surface area contributed by atoms with Gasteiger partial charge in [0.15, 0.2) is 5.50 Å². The predicted molar refractivity (Wildman–Crippen MR) is 160 cm³/mol. The molecular weight excluding hydrogens is 538 g/mol. The van der Waals surface area contributed by atoms with Crippen LogP contribution in [0.4, 0.5) is 5.95 Å². The first kappa shape index (κ1) is 28.0. The number of fused-ring (bicyclic) bond motifs is 3. The van der Waals surface area contributed by atoms with Gasteiger partial charge in [-0.2, -0.15) is 5.10 Å². The van der Waals surface area contributed by atoms with E-state index in [0.29, 0.717) is 36.2 Å². The van der Waals surface area contributed by atoms with Crippen LogP contribution < -0.4 is 16.0 Å². The van der Waals surface area contributed by atoms with Crippen molar-refractivity contribution in [3.63, 3.8) is 0 Å². The van der Waals surface area contributed by atoms with Crippen molar-refractivity contribution in [3.05, 3.63) is 34.1 Å². The summed E-state index contributed by atoms with van der Waals surface area (Å²) in [4.78, 5) is 40.1. The van der Waals surface area contributed by atoms with Gasteiger partial charge in [-0.25, -0.2) is 9.97 Å². The van der Waals surface area contributed by atoms with Crippen LogP contribution in [0.1, 0.15) is 74.5 Å². The standard InChI is InChI=1S/C29H41N9O2S/c1-17-5-9-37(10-6-17)20-7-11-38(12-8-20)21(39)13-19-16-41-28(32-19)34-26(40)25-22-24(35-36-25)23-18(14-29(22,2)3)15-31-27(30-4)33-23/h15-17,20,28,32H,5-14H2,1-4H3,(H,34,40)(H,35,36)(H,30,31,33). The van der Waals surface area contributed by atoms with Crippen molar-refractivity contribution in [2.45, 2.75) is 76.3 Å². The number of likely N-dealkylation sites (tertiary alicyclic amines) is 2. The smallest absolute Gasteiger partial charge is 0.271 e. The molecular formula is C29H41N9O2S. The van der Waals surface area contributed by atoms with Gasteiger partial charge >= 0.3 is 0 Å². The highest BCUT2D eigenvalue weighted by molar-refractivity contribution is 8.02. The fourth-order valence-corrected chi connectivity index (χ4v) is 7.50. The molecule has 1 aliphatic carbocycles. The van der Waals surface area contributed by atoms with Crippen molar-refractivity contribution in [2.75, 3.05) is 38.5 Å². The van der Waals surface area contributed by atoms with E-state index in [1.807, 2.05) is 16.5 Å². The number of hydrogen-bond donors (Lipinski definition) is 4. The SMILES string of the molecule is CNc1ncc2c(n1)-c1n[nH]c(C(=O)NC3NC(CC(=O)N4CCC(N5CCC(C)CC5)CC4)=CS3)c1C(C)(C)C2. The monoisotopic (exact) mass is 579 g/mol. The van der Waals surface area contributed by atoms with E-state index >= 15 is 0 Å². The summed E-state index contributed by atoms with van der Waals surface area (Å²) in [5, 5.41) is 18.8. The molecule has 4 N–H and O–H groups in total. The second-order valence-corrected chi connectivity index (χ2v) is 13.5. The zero-order valence-corrected chi connectivity index (χ0v) is 25.2. The van der Waals surface area contributed by atoms with Crippen LogP contribution in [-0.4, -0.2) is 86.5 Å². The average Bonchev–Trinajstić information content (AvgIpc) is 3.61. The van der Waals surface area contributed by atoms with Crippen LogP contribution in [-0.2, 0) is 16.6 Å². The molecule has 2 amide bonds. The Morgan fingerprint density at radius 1 is 1.12 bits per heavy atom. The van der Waals surface area contributed by atoms with Gasteiger partial charge in [0.25, 0.3) is 5.91 Å². The van der Waals surface area contributed by atoms with Gasteiger partial charge in [-0.3, -0.25) is 14.7 Å². The van der Waals surface area contributed by atoms with E-state index in [0.717, 1.165) is 54.4 Å². The number of anilines is 1. The Labute approximate surface area is 245 Å². The molecule has 0 aromatic carbocycles. The quantitative estimate of drug-likeness (QED) is 0.408. The minimum atomic E-state index is -0.353. The number of thioether (sulfide) groups is 1. The molecule has 2 aromatic rings. The van der Waals surface area contributed by atoms with Crippen molar-refractivity contribution < 1.29 is 9.59 Å². The Bertz CT molecular complexity index is 1340. The number of amides is 2. The maximum atomic E-state index is 13.4. The van der Waals surface area contributed by atoms with E-state index < -0.39 is 0 Å². The van der Waals surface area contributed by atoms with Crippen molar-refractivity contribution in [1.29, 1.82) is 0 Å². The molecule has 6 rings (SSSR count). The van der Waals surface area contributed by atoms with Gasteiger partial charge in [0, 0.05) is 43.6 Å². The van der Waals surface area contributed by atoms with Crippen molar-refractivity contribution in [1.82, 2.24) is 40.6 Å². The summed E-state index contributed by atoms with van der Waals surface area (Å²) in [5.41, 5.74) is 3.92. The Kier molecular flexibility index (Phi) is 7.71. The molecule has 220 valence electrons. The number of nitrogens with zero attached hydrogens (tertiary/aromatic N) is 5. The second kappa shape index (κ2) is 11.3. The first-order chi connectivity index (χ1) is 19.7. The number of rotatable bonds is 6. The van der Waals surface area contributed by atoms with E-state index in [9.17, 15) is 9.59 Å². The number of aromatic amines is 1. The maximum absolute atomic E-state index is 13.4. The summed E-state index contributed by atoms with van der Waals surface area (Å²) in [6, 6.07) is 0.606. The largest absolute Gasteiger partial charge is 0.359 e. The highest BCUT2D eigenvalue weighted by Gasteiger charge is 2.39. The van der Waals surface area contributed by atoms with Crippen LogP contribution in [0, 0.1) is 5.92 Å². The topological polar surface area (TPSA) is 131 Å². The number of carbonyl (C=O) groups is 2. The fourth-order valence-electron chi connectivity index (χ4n) is 6.65. The number of piperidine rings is 2. The molecule has 2 saturated heterocycles. The minimum Gasteiger partial charge on any atom is -0.359 e. The molecule has 0 radical (unpaired) electrons. The average molecular weight is 580 g/mol. The van der Waals surface area contributed by atoms with E-state index in [-0.39, 0.29) is 22.7 Å². The molecule has 41 heavy (non-hydrogen) atoms. The van der Waals surface area contributed by atoms with E-state index in [1.54, 1.807) is 7.05 Å². The molecule has 2 aromatic heterocycles. The maximum Gasteiger partial charge on any atom is 0.271 e. The second-order valence-electron chi connectivity index (χ2n) is 12.5. The minimum absolute atomic E-state index is 0.146. The third-order valence-electron chi connectivity index (χ3n) is 9.03. The zero-order valence-electron chi connectivity index (χ0n) is 24.4. The van der Waals surface area contributed by atoms with Crippen LogP contribution in [0.3, 0.4) is 0 Å². The van der Waals surface area contributed by atoms with Crippen molar-refractivity contribution in [2.24, 2.45) is 5.92 Å². The molecule has 0 saturated carbocycles. The lowest BCUT2D eigenvalue weighted by molar-refractivity contribution is -0.132. The predicted octanol–water partition coefficient (Wildman–Crippen LogP) is 3.05. The van der Waals surface area contributed by atoms with Gasteiger partial charge in [0.05, 0.1) is 12.1 Å². The Balaban J connectivity index is 1.03. The summed E-state index contributed by atoms with van der Waals surface area (Å²) in [5.74, 6) is 1.26. The van der Waals surface area contributed by atoms with Crippen LogP contribution in [0.15, 0.2) is 17.3 Å². The van der Waals surface area contributed by atoms with Crippen molar-refractivity contribution >= 4 is 29.5 Å². The molecule has 0 spiro atoms. The number of carbonyl (C=O) groups excluding carboxylic acids is 2. The zero-order chi connectivity index (χ0) is 28.7. The van der Waals surface area contributed by atoms with Crippen LogP contribution in [0.25, 0.3) is 11.4 Å². The highest BCUT2D eigenvalue weighted by atomic mass is 32.2. The molecule has 4 aliphatic rings. The lowest BCUT2D eigenvalue weighted by Crippen LogP contribution is -2.49. The summed E-state index contributed by atoms with van der Waals surface area (Å²) in [6.45, 7) is 10.6. The van der Waals surface area contributed by atoms with Gasteiger partial charge in [0.1, 0.15) is 11.4 Å². The van der Waals surface area contributed by atoms with Crippen molar-refractivity contribution in [3.8, 4) is 11.4 Å². The normalized spacial score (nSPS) is 22.9. The molecule has 2 fully saturated rings. The lowest BCUT2D eigenvalue weighted by atomic mass is 9.73. The number of nitrogens with one attached hydrogen (secondary N) is 4. The third kappa shape index (κ3) is 5.68. The summed E-state index contributed by atoms with van der Waals surface area (Å²) in [7, 11) is 1.78. The van der Waals surface area contributed by atoms with E-state index in [1.165, 1.54) is 37.7 Å². The highest BCUT2D eigenvalue weighted by Crippen LogP contribution is 2.43. The number of H-pyrrole nitrogens is 1. The van der Waals surface area contributed by atoms with E-state index in [2.05, 4.69) is 61.8 Å². The molecule has 0 bridgehead atoms. The Morgan fingerprint density at radius 2 is 1.88 bits per heavy atom. The van der Waals surface area contributed by atoms with Crippen LogP contribution >= 0.6 is 11.8 Å². The van der Waals surface area contributed by atoms with Gasteiger partial charge in [-0.15, -0.1) is 0 Å². The van der Waals surface area contributed by atoms with E-state index in [4.69, 9.17) is 0 Å². The first-order valence-electron chi connectivity index (χ1n) is 14.8. The molecule has 5 heterocycles. The summed E-state index contributed by atoms with van der Waals surface area (Å²) >= 11 is 1.47. The molecule has 3 aliphatic heterocycles. The van der Waals surface area contributed by atoms with Gasteiger partial charge in [-0.1, -0.05) is 32.5 Å². The third-order valence-corrected chi connectivity index (χ3v) is 9.96. The number of hydrogen-bond acceptors (Lipinski definition) is 9.